The van der Waals surface area contributed by atoms with Crippen LogP contribution in [0.1, 0.15) is 45.0 Å². The molecule has 1 aliphatic heterocycles. The Balaban J connectivity index is 2.18. The highest BCUT2D eigenvalue weighted by atomic mass is 16.5. The molecule has 0 bridgehead atoms. The molecule has 1 aromatic rings. The summed E-state index contributed by atoms with van der Waals surface area (Å²) in [4.78, 5) is 4.40. The Labute approximate surface area is 107 Å². The number of aromatic nitrogens is 2. The van der Waals surface area contributed by atoms with E-state index in [0.717, 1.165) is 0 Å². The van der Waals surface area contributed by atoms with Crippen molar-refractivity contribution in [1.82, 2.24) is 10.1 Å². The lowest BCUT2D eigenvalue weighted by Crippen LogP contribution is -2.37. The van der Waals surface area contributed by atoms with E-state index in [2.05, 4.69) is 24.0 Å². The third-order valence-electron chi connectivity index (χ3n) is 3.13. The van der Waals surface area contributed by atoms with E-state index < -0.39 is 5.54 Å². The molecule has 2 atom stereocenters. The van der Waals surface area contributed by atoms with Gasteiger partial charge in [-0.2, -0.15) is 4.98 Å². The molecule has 0 aliphatic carbocycles. The smallest absolute Gasteiger partial charge is 0.249 e. The highest BCUT2D eigenvalue weighted by molar-refractivity contribution is 5.06. The Kier molecular flexibility index (Phi) is 3.99. The van der Waals surface area contributed by atoms with E-state index in [1.165, 1.54) is 0 Å². The lowest BCUT2D eigenvalue weighted by molar-refractivity contribution is 0.0217. The number of hydrogen-bond donors (Lipinski definition) is 1. The lowest BCUT2D eigenvalue weighted by atomic mass is 10.0. The molecule has 2 rings (SSSR count). The van der Waals surface area contributed by atoms with Crippen molar-refractivity contribution in [3.05, 3.63) is 11.7 Å². The maximum Gasteiger partial charge on any atom is 0.249 e. The van der Waals surface area contributed by atoms with Crippen LogP contribution in [-0.4, -0.2) is 30.0 Å². The first-order chi connectivity index (χ1) is 8.57. The normalized spacial score (nSPS) is 25.8. The zero-order valence-corrected chi connectivity index (χ0v) is 11.2. The van der Waals surface area contributed by atoms with Crippen molar-refractivity contribution in [2.45, 2.75) is 38.8 Å². The molecule has 102 valence electrons. The van der Waals surface area contributed by atoms with Crippen molar-refractivity contribution < 1.29 is 14.0 Å². The van der Waals surface area contributed by atoms with E-state index >= 15 is 0 Å². The van der Waals surface area contributed by atoms with Crippen LogP contribution in [0.4, 0.5) is 0 Å². The van der Waals surface area contributed by atoms with Crippen LogP contribution in [0.25, 0.3) is 0 Å². The Morgan fingerprint density at radius 3 is 2.83 bits per heavy atom. The number of rotatable bonds is 5. The first kappa shape index (κ1) is 13.5. The van der Waals surface area contributed by atoms with E-state index in [-0.39, 0.29) is 12.0 Å². The zero-order valence-electron chi connectivity index (χ0n) is 11.2. The molecule has 2 unspecified atom stereocenters. The minimum absolute atomic E-state index is 0.154. The zero-order chi connectivity index (χ0) is 13.2. The molecule has 0 aromatic carbocycles. The molecule has 1 fully saturated rings. The van der Waals surface area contributed by atoms with Gasteiger partial charge in [0.25, 0.3) is 0 Å². The molecule has 2 heterocycles. The molecule has 18 heavy (non-hydrogen) atoms. The van der Waals surface area contributed by atoms with Crippen LogP contribution in [0.2, 0.25) is 0 Å². The Morgan fingerprint density at radius 1 is 1.50 bits per heavy atom. The molecular weight excluding hydrogens is 234 g/mol. The van der Waals surface area contributed by atoms with E-state index in [4.69, 9.17) is 19.7 Å². The summed E-state index contributed by atoms with van der Waals surface area (Å²) in [7, 11) is 0. The van der Waals surface area contributed by atoms with Crippen molar-refractivity contribution in [1.29, 1.82) is 0 Å². The molecule has 6 nitrogen and oxygen atoms in total. The van der Waals surface area contributed by atoms with Crippen molar-refractivity contribution in [3.8, 4) is 0 Å². The summed E-state index contributed by atoms with van der Waals surface area (Å²) in [6, 6.07) is 0. The number of nitrogens with two attached hydrogens (primary N) is 1. The molecule has 1 saturated heterocycles. The molecule has 0 radical (unpaired) electrons. The summed E-state index contributed by atoms with van der Waals surface area (Å²) in [5, 5.41) is 4.00. The molecule has 2 N–H and O–H groups in total. The van der Waals surface area contributed by atoms with Crippen LogP contribution in [0.5, 0.6) is 0 Å². The van der Waals surface area contributed by atoms with Gasteiger partial charge >= 0.3 is 0 Å². The van der Waals surface area contributed by atoms with E-state index in [0.29, 0.717) is 38.0 Å². The summed E-state index contributed by atoms with van der Waals surface area (Å²) >= 11 is 0. The second-order valence-corrected chi connectivity index (χ2v) is 5.04. The third kappa shape index (κ3) is 2.55. The fourth-order valence-electron chi connectivity index (χ4n) is 2.05. The first-order valence-corrected chi connectivity index (χ1v) is 6.39. The van der Waals surface area contributed by atoms with Gasteiger partial charge in [0.2, 0.25) is 11.7 Å². The van der Waals surface area contributed by atoms with Gasteiger partial charge in [-0.05, 0) is 19.3 Å². The Hall–Kier alpha value is -0.980. The molecular formula is C12H21N3O3. The van der Waals surface area contributed by atoms with Gasteiger partial charge in [0.05, 0.1) is 6.61 Å². The first-order valence-electron chi connectivity index (χ1n) is 6.39. The molecule has 0 amide bonds. The predicted molar refractivity (Wildman–Crippen MR) is 64.8 cm³/mol. The molecule has 0 spiro atoms. The highest BCUT2D eigenvalue weighted by Crippen LogP contribution is 2.29. The van der Waals surface area contributed by atoms with Gasteiger partial charge in [-0.3, -0.25) is 0 Å². The van der Waals surface area contributed by atoms with Gasteiger partial charge in [0, 0.05) is 13.2 Å². The fourth-order valence-corrected chi connectivity index (χ4v) is 2.05. The second-order valence-electron chi connectivity index (χ2n) is 5.04. The summed E-state index contributed by atoms with van der Waals surface area (Å²) in [5.74, 6) is 1.29. The third-order valence-corrected chi connectivity index (χ3v) is 3.13. The average Bonchev–Trinajstić information content (AvgIpc) is 2.95. The Morgan fingerprint density at radius 2 is 2.28 bits per heavy atom. The van der Waals surface area contributed by atoms with Crippen LogP contribution in [-0.2, 0) is 15.0 Å². The van der Waals surface area contributed by atoms with Crippen molar-refractivity contribution in [2.24, 2.45) is 11.7 Å². The minimum Gasteiger partial charge on any atom is -0.379 e. The molecule has 1 aliphatic rings. The van der Waals surface area contributed by atoms with Gasteiger partial charge in [-0.15, -0.1) is 0 Å². The maximum absolute atomic E-state index is 6.18. The van der Waals surface area contributed by atoms with E-state index in [9.17, 15) is 0 Å². The van der Waals surface area contributed by atoms with Gasteiger partial charge in [-0.1, -0.05) is 19.0 Å². The molecule has 1 aromatic heterocycles. The van der Waals surface area contributed by atoms with Crippen LogP contribution < -0.4 is 5.73 Å². The maximum atomic E-state index is 6.18. The summed E-state index contributed by atoms with van der Waals surface area (Å²) < 4.78 is 16.2. The van der Waals surface area contributed by atoms with Crippen molar-refractivity contribution in [3.63, 3.8) is 0 Å². The lowest BCUT2D eigenvalue weighted by Gasteiger charge is -2.17. The van der Waals surface area contributed by atoms with Gasteiger partial charge in [0.15, 0.2) is 0 Å². The fraction of sp³-hybridized carbons (Fsp3) is 0.833. The standard InChI is InChI=1S/C12H21N3O3/c1-4-17-9(8(2)3)10-14-11(18-15-10)12(13)5-6-16-7-12/h8-9H,4-7,13H2,1-3H3. The summed E-state index contributed by atoms with van der Waals surface area (Å²) in [6.45, 7) is 7.75. The summed E-state index contributed by atoms with van der Waals surface area (Å²) in [6.07, 6.45) is 0.550. The van der Waals surface area contributed by atoms with Crippen molar-refractivity contribution >= 4 is 0 Å². The van der Waals surface area contributed by atoms with E-state index in [1.54, 1.807) is 0 Å². The predicted octanol–water partition coefficient (Wildman–Crippen LogP) is 1.38. The number of ether oxygens (including phenoxy) is 2. The second kappa shape index (κ2) is 5.34. The number of nitrogens with zero attached hydrogens (tertiary/aromatic N) is 2. The molecule has 0 saturated carbocycles. The van der Waals surface area contributed by atoms with Crippen LogP contribution in [0.15, 0.2) is 4.52 Å². The average molecular weight is 255 g/mol. The largest absolute Gasteiger partial charge is 0.379 e. The van der Waals surface area contributed by atoms with E-state index in [1.807, 2.05) is 6.92 Å². The monoisotopic (exact) mass is 255 g/mol. The van der Waals surface area contributed by atoms with Gasteiger partial charge < -0.3 is 19.7 Å². The van der Waals surface area contributed by atoms with Gasteiger partial charge in [-0.25, -0.2) is 0 Å². The van der Waals surface area contributed by atoms with Crippen LogP contribution >= 0.6 is 0 Å². The summed E-state index contributed by atoms with van der Waals surface area (Å²) in [5.41, 5.74) is 5.54. The van der Waals surface area contributed by atoms with Crippen molar-refractivity contribution in [2.75, 3.05) is 19.8 Å². The quantitative estimate of drug-likeness (QED) is 0.855. The van der Waals surface area contributed by atoms with Crippen LogP contribution in [0.3, 0.4) is 0 Å². The number of hydrogen-bond acceptors (Lipinski definition) is 6. The van der Waals surface area contributed by atoms with Crippen LogP contribution in [0, 0.1) is 5.92 Å². The highest BCUT2D eigenvalue weighted by Gasteiger charge is 2.39. The van der Waals surface area contributed by atoms with Gasteiger partial charge in [0.1, 0.15) is 11.6 Å². The SMILES string of the molecule is CCOC(c1noc(C2(N)CCOC2)n1)C(C)C. The Bertz CT molecular complexity index is 386. The minimum atomic E-state index is -0.640. The molecule has 6 heteroatoms. The topological polar surface area (TPSA) is 83.4 Å².